The molecule has 1 aromatic heterocycles. The number of pyridine rings is 1. The van der Waals surface area contributed by atoms with Crippen LogP contribution in [-0.2, 0) is 13.0 Å². The van der Waals surface area contributed by atoms with Gasteiger partial charge in [0.05, 0.1) is 12.2 Å². The summed E-state index contributed by atoms with van der Waals surface area (Å²) in [6.07, 6.45) is 2.77. The number of halogens is 1. The summed E-state index contributed by atoms with van der Waals surface area (Å²) in [4.78, 5) is 6.55. The van der Waals surface area contributed by atoms with Crippen LogP contribution in [-0.4, -0.2) is 18.6 Å². The Balaban J connectivity index is 1.84. The van der Waals surface area contributed by atoms with Crippen molar-refractivity contribution >= 4 is 11.4 Å². The molecule has 3 rings (SSSR count). The van der Waals surface area contributed by atoms with Crippen LogP contribution < -0.4 is 10.2 Å². The lowest BCUT2D eigenvalue weighted by Crippen LogP contribution is -2.20. The van der Waals surface area contributed by atoms with Crippen LogP contribution in [0.2, 0.25) is 0 Å². The lowest BCUT2D eigenvalue weighted by molar-refractivity contribution is 0.627. The highest BCUT2D eigenvalue weighted by Gasteiger charge is 2.19. The Morgan fingerprint density at radius 1 is 1.32 bits per heavy atom. The van der Waals surface area contributed by atoms with E-state index in [1.54, 1.807) is 12.3 Å². The zero-order valence-electron chi connectivity index (χ0n) is 10.9. The van der Waals surface area contributed by atoms with E-state index in [9.17, 15) is 4.39 Å². The second-order valence-electron chi connectivity index (χ2n) is 4.73. The molecule has 98 valence electrons. The Labute approximate surface area is 112 Å². The fraction of sp³-hybridized carbons (Fsp3) is 0.267. The second kappa shape index (κ2) is 4.88. The maximum Gasteiger partial charge on any atom is 0.125 e. The maximum atomic E-state index is 13.3. The predicted molar refractivity (Wildman–Crippen MR) is 74.9 cm³/mol. The van der Waals surface area contributed by atoms with E-state index in [2.05, 4.69) is 15.2 Å². The van der Waals surface area contributed by atoms with E-state index in [1.807, 2.05) is 25.2 Å². The Kier molecular flexibility index (Phi) is 3.07. The van der Waals surface area contributed by atoms with Gasteiger partial charge in [-0.1, -0.05) is 6.07 Å². The van der Waals surface area contributed by atoms with Crippen LogP contribution in [0.15, 0.2) is 36.5 Å². The summed E-state index contributed by atoms with van der Waals surface area (Å²) in [6.45, 7) is 1.64. The number of benzene rings is 1. The first-order chi connectivity index (χ1) is 9.26. The van der Waals surface area contributed by atoms with Gasteiger partial charge in [0, 0.05) is 31.2 Å². The van der Waals surface area contributed by atoms with Gasteiger partial charge in [0.2, 0.25) is 0 Å². The number of hydrogen-bond acceptors (Lipinski definition) is 3. The molecule has 0 saturated carbocycles. The first kappa shape index (κ1) is 12.0. The molecular weight excluding hydrogens is 241 g/mol. The van der Waals surface area contributed by atoms with E-state index in [1.165, 1.54) is 11.6 Å². The summed E-state index contributed by atoms with van der Waals surface area (Å²) in [5.41, 5.74) is 4.25. The first-order valence-corrected chi connectivity index (χ1v) is 6.42. The molecule has 2 heterocycles. The minimum Gasteiger partial charge on any atom is -0.388 e. The topological polar surface area (TPSA) is 28.2 Å². The third-order valence-corrected chi connectivity index (χ3v) is 3.50. The van der Waals surface area contributed by atoms with Crippen molar-refractivity contribution in [1.29, 1.82) is 0 Å². The minimum absolute atomic E-state index is 0.178. The van der Waals surface area contributed by atoms with Gasteiger partial charge in [-0.25, -0.2) is 4.39 Å². The van der Waals surface area contributed by atoms with Crippen LogP contribution in [0.1, 0.15) is 11.3 Å². The van der Waals surface area contributed by atoms with Gasteiger partial charge >= 0.3 is 0 Å². The Bertz CT molecular complexity index is 598. The summed E-state index contributed by atoms with van der Waals surface area (Å²) in [7, 11) is 1.89. The van der Waals surface area contributed by atoms with Gasteiger partial charge in [-0.05, 0) is 36.2 Å². The number of rotatable bonds is 3. The summed E-state index contributed by atoms with van der Waals surface area (Å²) >= 11 is 0. The van der Waals surface area contributed by atoms with Gasteiger partial charge in [-0.15, -0.1) is 0 Å². The molecule has 1 aliphatic rings. The highest BCUT2D eigenvalue weighted by atomic mass is 19.1. The molecule has 0 spiro atoms. The van der Waals surface area contributed by atoms with E-state index < -0.39 is 0 Å². The normalized spacial score (nSPS) is 13.5. The van der Waals surface area contributed by atoms with Crippen molar-refractivity contribution in [3.63, 3.8) is 0 Å². The SMILES string of the molecule is CNc1ccnc(CN2CCc3ccc(F)cc32)c1. The van der Waals surface area contributed by atoms with Gasteiger partial charge in [0.15, 0.2) is 0 Å². The Morgan fingerprint density at radius 3 is 3.05 bits per heavy atom. The smallest absolute Gasteiger partial charge is 0.125 e. The molecule has 1 aliphatic heterocycles. The van der Waals surface area contributed by atoms with Crippen LogP contribution in [0.5, 0.6) is 0 Å². The van der Waals surface area contributed by atoms with Crippen LogP contribution in [0, 0.1) is 5.82 Å². The number of anilines is 2. The van der Waals surface area contributed by atoms with Crippen molar-refractivity contribution in [3.8, 4) is 0 Å². The molecule has 2 aromatic rings. The standard InChI is InChI=1S/C15H16FN3/c1-17-13-4-6-18-14(9-13)10-19-7-5-11-2-3-12(16)8-15(11)19/h2-4,6,8-9H,5,7,10H2,1H3,(H,17,18). The lowest BCUT2D eigenvalue weighted by Gasteiger charge is -2.19. The highest BCUT2D eigenvalue weighted by molar-refractivity contribution is 5.58. The lowest BCUT2D eigenvalue weighted by atomic mass is 10.2. The van der Waals surface area contributed by atoms with Crippen molar-refractivity contribution in [2.75, 3.05) is 23.8 Å². The van der Waals surface area contributed by atoms with Crippen molar-refractivity contribution in [1.82, 2.24) is 4.98 Å². The number of nitrogens with one attached hydrogen (secondary N) is 1. The predicted octanol–water partition coefficient (Wildman–Crippen LogP) is 2.83. The van der Waals surface area contributed by atoms with Gasteiger partial charge < -0.3 is 10.2 Å². The van der Waals surface area contributed by atoms with Crippen molar-refractivity contribution < 1.29 is 4.39 Å². The van der Waals surface area contributed by atoms with Crippen molar-refractivity contribution in [2.24, 2.45) is 0 Å². The largest absolute Gasteiger partial charge is 0.388 e. The molecule has 0 aliphatic carbocycles. The molecule has 0 unspecified atom stereocenters. The first-order valence-electron chi connectivity index (χ1n) is 6.42. The molecule has 3 nitrogen and oxygen atoms in total. The molecule has 0 radical (unpaired) electrons. The maximum absolute atomic E-state index is 13.3. The zero-order valence-corrected chi connectivity index (χ0v) is 10.9. The fourth-order valence-corrected chi connectivity index (χ4v) is 2.50. The fourth-order valence-electron chi connectivity index (χ4n) is 2.50. The molecular formula is C15H16FN3. The Hall–Kier alpha value is -2.10. The summed E-state index contributed by atoms with van der Waals surface area (Å²) in [5.74, 6) is -0.178. The number of hydrogen-bond donors (Lipinski definition) is 1. The van der Waals surface area contributed by atoms with E-state index >= 15 is 0 Å². The molecule has 0 fully saturated rings. The molecule has 0 atom stereocenters. The summed E-state index contributed by atoms with van der Waals surface area (Å²) in [5, 5.41) is 3.10. The quantitative estimate of drug-likeness (QED) is 0.916. The molecule has 4 heteroatoms. The number of aromatic nitrogens is 1. The minimum atomic E-state index is -0.178. The summed E-state index contributed by atoms with van der Waals surface area (Å²) in [6, 6.07) is 8.98. The molecule has 0 bridgehead atoms. The van der Waals surface area contributed by atoms with E-state index in [0.717, 1.165) is 30.0 Å². The average Bonchev–Trinajstić information content (AvgIpc) is 2.81. The van der Waals surface area contributed by atoms with E-state index in [0.29, 0.717) is 6.54 Å². The van der Waals surface area contributed by atoms with Crippen molar-refractivity contribution in [2.45, 2.75) is 13.0 Å². The third-order valence-electron chi connectivity index (χ3n) is 3.50. The molecule has 1 aromatic carbocycles. The van der Waals surface area contributed by atoms with E-state index in [4.69, 9.17) is 0 Å². The number of nitrogens with zero attached hydrogens (tertiary/aromatic N) is 2. The molecule has 0 saturated heterocycles. The van der Waals surface area contributed by atoms with Gasteiger partial charge in [0.25, 0.3) is 0 Å². The highest BCUT2D eigenvalue weighted by Crippen LogP contribution is 2.29. The average molecular weight is 257 g/mol. The van der Waals surface area contributed by atoms with Gasteiger partial charge in [0.1, 0.15) is 5.82 Å². The van der Waals surface area contributed by atoms with Crippen LogP contribution >= 0.6 is 0 Å². The van der Waals surface area contributed by atoms with Crippen LogP contribution in [0.3, 0.4) is 0 Å². The van der Waals surface area contributed by atoms with Gasteiger partial charge in [-0.2, -0.15) is 0 Å². The summed E-state index contributed by atoms with van der Waals surface area (Å²) < 4.78 is 13.3. The van der Waals surface area contributed by atoms with Crippen LogP contribution in [0.4, 0.5) is 15.8 Å². The number of fused-ring (bicyclic) bond motifs is 1. The zero-order chi connectivity index (χ0) is 13.2. The monoisotopic (exact) mass is 257 g/mol. The molecule has 1 N–H and O–H groups in total. The van der Waals surface area contributed by atoms with Crippen LogP contribution in [0.25, 0.3) is 0 Å². The van der Waals surface area contributed by atoms with E-state index in [-0.39, 0.29) is 5.82 Å². The Morgan fingerprint density at radius 2 is 2.21 bits per heavy atom. The third kappa shape index (κ3) is 2.38. The second-order valence-corrected chi connectivity index (χ2v) is 4.73. The molecule has 0 amide bonds. The van der Waals surface area contributed by atoms with Gasteiger partial charge in [-0.3, -0.25) is 4.98 Å². The van der Waals surface area contributed by atoms with Crippen molar-refractivity contribution in [3.05, 3.63) is 53.6 Å². The molecule has 19 heavy (non-hydrogen) atoms.